The topological polar surface area (TPSA) is 30.7 Å². The van der Waals surface area contributed by atoms with Crippen LogP contribution < -0.4 is 0 Å². The molecule has 0 spiro atoms. The van der Waals surface area contributed by atoms with E-state index in [4.69, 9.17) is 11.6 Å². The standard InChI is InChI=1S/C9H10ClN3S/c1-6-3-7(2)13(12-6)9-11-8(4-10)5-14-9/h3,5H,4H2,1-2H3. The molecule has 0 aliphatic rings. The summed E-state index contributed by atoms with van der Waals surface area (Å²) in [6.07, 6.45) is 0. The van der Waals surface area contributed by atoms with Crippen LogP contribution in [0.2, 0.25) is 0 Å². The van der Waals surface area contributed by atoms with Gasteiger partial charge in [-0.05, 0) is 19.9 Å². The van der Waals surface area contributed by atoms with Crippen molar-refractivity contribution in [3.05, 3.63) is 28.5 Å². The first-order chi connectivity index (χ1) is 6.70. The lowest BCUT2D eigenvalue weighted by molar-refractivity contribution is 0.821. The third kappa shape index (κ3) is 1.67. The first kappa shape index (κ1) is 9.68. The maximum Gasteiger partial charge on any atom is 0.210 e. The molecule has 14 heavy (non-hydrogen) atoms. The van der Waals surface area contributed by atoms with Crippen LogP contribution in [0.25, 0.3) is 5.13 Å². The minimum Gasteiger partial charge on any atom is -0.222 e. The summed E-state index contributed by atoms with van der Waals surface area (Å²) in [4.78, 5) is 4.36. The zero-order valence-corrected chi connectivity index (χ0v) is 9.56. The molecule has 0 amide bonds. The highest BCUT2D eigenvalue weighted by atomic mass is 35.5. The molecule has 0 saturated heterocycles. The highest BCUT2D eigenvalue weighted by Crippen LogP contribution is 2.17. The van der Waals surface area contributed by atoms with Crippen LogP contribution in [0.5, 0.6) is 0 Å². The van der Waals surface area contributed by atoms with Crippen molar-refractivity contribution in [2.45, 2.75) is 19.7 Å². The number of nitrogens with zero attached hydrogens (tertiary/aromatic N) is 3. The van der Waals surface area contributed by atoms with Gasteiger partial charge >= 0.3 is 0 Å². The summed E-state index contributed by atoms with van der Waals surface area (Å²) in [5.41, 5.74) is 3.00. The zero-order chi connectivity index (χ0) is 10.1. The van der Waals surface area contributed by atoms with Crippen LogP contribution in [0.4, 0.5) is 0 Å². The van der Waals surface area contributed by atoms with Gasteiger partial charge < -0.3 is 0 Å². The molecule has 2 aromatic rings. The fraction of sp³-hybridized carbons (Fsp3) is 0.333. The minimum absolute atomic E-state index is 0.454. The van der Waals surface area contributed by atoms with Crippen LogP contribution in [0.1, 0.15) is 17.1 Å². The van der Waals surface area contributed by atoms with E-state index in [1.54, 1.807) is 11.3 Å². The van der Waals surface area contributed by atoms with Crippen molar-refractivity contribution < 1.29 is 0 Å². The van der Waals surface area contributed by atoms with Crippen molar-refractivity contribution >= 4 is 22.9 Å². The summed E-state index contributed by atoms with van der Waals surface area (Å²) in [6, 6.07) is 2.03. The van der Waals surface area contributed by atoms with Crippen molar-refractivity contribution in [2.24, 2.45) is 0 Å². The number of aromatic nitrogens is 3. The number of thiazole rings is 1. The van der Waals surface area contributed by atoms with Gasteiger partial charge in [0.2, 0.25) is 5.13 Å². The van der Waals surface area contributed by atoms with E-state index in [0.717, 1.165) is 22.2 Å². The second-order valence-electron chi connectivity index (χ2n) is 3.09. The molecule has 0 aromatic carbocycles. The van der Waals surface area contributed by atoms with Gasteiger partial charge in [0, 0.05) is 11.1 Å². The molecule has 0 saturated carbocycles. The van der Waals surface area contributed by atoms with E-state index < -0.39 is 0 Å². The lowest BCUT2D eigenvalue weighted by atomic mass is 10.4. The predicted molar refractivity (Wildman–Crippen MR) is 58.3 cm³/mol. The van der Waals surface area contributed by atoms with Crippen LogP contribution in [0.15, 0.2) is 11.4 Å². The van der Waals surface area contributed by atoms with E-state index in [1.165, 1.54) is 0 Å². The summed E-state index contributed by atoms with van der Waals surface area (Å²) in [5.74, 6) is 0.454. The zero-order valence-electron chi connectivity index (χ0n) is 7.99. The Morgan fingerprint density at radius 3 is 2.79 bits per heavy atom. The number of alkyl halides is 1. The molecular formula is C9H10ClN3S. The molecule has 0 aliphatic heterocycles. The molecule has 0 radical (unpaired) electrons. The smallest absolute Gasteiger partial charge is 0.210 e. The second kappa shape index (κ2) is 3.71. The Balaban J connectivity index is 2.43. The maximum absolute atomic E-state index is 5.69. The fourth-order valence-corrected chi connectivity index (χ4v) is 2.34. The van der Waals surface area contributed by atoms with E-state index in [2.05, 4.69) is 10.1 Å². The third-order valence-corrected chi connectivity index (χ3v) is 3.01. The van der Waals surface area contributed by atoms with E-state index in [9.17, 15) is 0 Å². The van der Waals surface area contributed by atoms with Gasteiger partial charge in [0.25, 0.3) is 0 Å². The summed E-state index contributed by atoms with van der Waals surface area (Å²) < 4.78 is 1.84. The summed E-state index contributed by atoms with van der Waals surface area (Å²) in [5, 5.41) is 7.19. The lowest BCUT2D eigenvalue weighted by Crippen LogP contribution is -1.98. The summed E-state index contributed by atoms with van der Waals surface area (Å²) >= 11 is 7.25. The van der Waals surface area contributed by atoms with Gasteiger partial charge in [-0.3, -0.25) is 0 Å². The largest absolute Gasteiger partial charge is 0.222 e. The van der Waals surface area contributed by atoms with Crippen LogP contribution in [0.3, 0.4) is 0 Å². The van der Waals surface area contributed by atoms with Crippen molar-refractivity contribution in [1.82, 2.24) is 14.8 Å². The molecular weight excluding hydrogens is 218 g/mol. The molecule has 0 bridgehead atoms. The predicted octanol–water partition coefficient (Wildman–Crippen LogP) is 2.68. The molecule has 0 N–H and O–H groups in total. The Morgan fingerprint density at radius 1 is 1.50 bits per heavy atom. The Morgan fingerprint density at radius 2 is 2.29 bits per heavy atom. The molecule has 2 aromatic heterocycles. The maximum atomic E-state index is 5.69. The van der Waals surface area contributed by atoms with Crippen molar-refractivity contribution in [3.8, 4) is 5.13 Å². The van der Waals surface area contributed by atoms with Gasteiger partial charge in [0.05, 0.1) is 17.3 Å². The Hall–Kier alpha value is -0.870. The van der Waals surface area contributed by atoms with Crippen LogP contribution >= 0.6 is 22.9 Å². The molecule has 2 rings (SSSR count). The number of halogens is 1. The highest BCUT2D eigenvalue weighted by molar-refractivity contribution is 7.12. The van der Waals surface area contributed by atoms with Gasteiger partial charge in [-0.2, -0.15) is 5.10 Å². The van der Waals surface area contributed by atoms with Gasteiger partial charge in [-0.15, -0.1) is 22.9 Å². The summed E-state index contributed by atoms with van der Waals surface area (Å²) in [7, 11) is 0. The minimum atomic E-state index is 0.454. The van der Waals surface area contributed by atoms with E-state index in [0.29, 0.717) is 5.88 Å². The van der Waals surface area contributed by atoms with Crippen LogP contribution in [0, 0.1) is 13.8 Å². The number of hydrogen-bond acceptors (Lipinski definition) is 3. The Bertz CT molecular complexity index is 447. The Kier molecular flexibility index (Phi) is 2.56. The third-order valence-electron chi connectivity index (χ3n) is 1.87. The average molecular weight is 228 g/mol. The molecule has 0 fully saturated rings. The number of aryl methyl sites for hydroxylation is 2. The monoisotopic (exact) mass is 227 g/mol. The molecule has 0 aliphatic carbocycles. The highest BCUT2D eigenvalue weighted by Gasteiger charge is 2.07. The fourth-order valence-electron chi connectivity index (χ4n) is 1.28. The molecule has 3 nitrogen and oxygen atoms in total. The van der Waals surface area contributed by atoms with E-state index >= 15 is 0 Å². The molecule has 74 valence electrons. The first-order valence-corrected chi connectivity index (χ1v) is 5.66. The van der Waals surface area contributed by atoms with Crippen LogP contribution in [-0.4, -0.2) is 14.8 Å². The van der Waals surface area contributed by atoms with Gasteiger partial charge in [0.15, 0.2) is 0 Å². The van der Waals surface area contributed by atoms with E-state index in [-0.39, 0.29) is 0 Å². The molecule has 2 heterocycles. The van der Waals surface area contributed by atoms with Gasteiger partial charge in [-0.25, -0.2) is 9.67 Å². The van der Waals surface area contributed by atoms with Crippen LogP contribution in [-0.2, 0) is 5.88 Å². The van der Waals surface area contributed by atoms with Gasteiger partial charge in [-0.1, -0.05) is 0 Å². The normalized spacial score (nSPS) is 10.8. The molecule has 0 unspecified atom stereocenters. The quantitative estimate of drug-likeness (QED) is 0.739. The number of rotatable bonds is 2. The Labute approximate surface area is 91.4 Å². The lowest BCUT2D eigenvalue weighted by Gasteiger charge is -1.96. The SMILES string of the molecule is Cc1cc(C)n(-c2nc(CCl)cs2)n1. The van der Waals surface area contributed by atoms with Crippen molar-refractivity contribution in [2.75, 3.05) is 0 Å². The van der Waals surface area contributed by atoms with Gasteiger partial charge in [0.1, 0.15) is 0 Å². The van der Waals surface area contributed by atoms with Crippen molar-refractivity contribution in [1.29, 1.82) is 0 Å². The molecule has 0 atom stereocenters. The number of hydrogen-bond donors (Lipinski definition) is 0. The van der Waals surface area contributed by atoms with E-state index in [1.807, 2.05) is 30.0 Å². The average Bonchev–Trinajstić information content (AvgIpc) is 2.71. The van der Waals surface area contributed by atoms with Crippen molar-refractivity contribution in [3.63, 3.8) is 0 Å². The molecule has 5 heteroatoms. The second-order valence-corrected chi connectivity index (χ2v) is 4.20. The summed E-state index contributed by atoms with van der Waals surface area (Å²) in [6.45, 7) is 3.99. The first-order valence-electron chi connectivity index (χ1n) is 4.24.